The number of hydrogen-bond donors (Lipinski definition) is 1. The zero-order chi connectivity index (χ0) is 13.3. The average molecular weight is 272 g/mol. The largest absolute Gasteiger partial charge is 0.354 e. The van der Waals surface area contributed by atoms with Crippen LogP contribution in [0.2, 0.25) is 0 Å². The summed E-state index contributed by atoms with van der Waals surface area (Å²) < 4.78 is 2.26. The van der Waals surface area contributed by atoms with E-state index in [4.69, 9.17) is 5.10 Å². The maximum absolute atomic E-state index is 4.73. The lowest BCUT2D eigenvalue weighted by atomic mass is 9.47. The lowest BCUT2D eigenvalue weighted by Crippen LogP contribution is -2.51. The number of nitrogens with one attached hydrogen (secondary N) is 1. The number of aromatic nitrogens is 3. The van der Waals surface area contributed by atoms with Gasteiger partial charge in [0.1, 0.15) is 5.82 Å². The first-order chi connectivity index (χ1) is 9.72. The number of anilines is 1. The van der Waals surface area contributed by atoms with E-state index in [1.807, 2.05) is 6.92 Å². The summed E-state index contributed by atoms with van der Waals surface area (Å²) in [5.74, 6) is 5.00. The van der Waals surface area contributed by atoms with Crippen molar-refractivity contribution in [2.24, 2.45) is 23.2 Å². The fourth-order valence-corrected chi connectivity index (χ4v) is 6.36. The van der Waals surface area contributed by atoms with Crippen molar-refractivity contribution in [3.63, 3.8) is 0 Å². The van der Waals surface area contributed by atoms with E-state index in [2.05, 4.69) is 15.0 Å². The van der Waals surface area contributed by atoms with Crippen molar-refractivity contribution < 1.29 is 0 Å². The molecule has 4 heteroatoms. The van der Waals surface area contributed by atoms with Gasteiger partial charge in [0.15, 0.2) is 0 Å². The van der Waals surface area contributed by atoms with Crippen molar-refractivity contribution in [1.29, 1.82) is 0 Å². The lowest BCUT2D eigenvalue weighted by molar-refractivity contribution is -0.0869. The van der Waals surface area contributed by atoms with Crippen LogP contribution in [-0.4, -0.2) is 21.3 Å². The molecule has 1 aromatic rings. The minimum Gasteiger partial charge on any atom is -0.354 e. The third-order valence-electron chi connectivity index (χ3n) is 6.53. The van der Waals surface area contributed by atoms with Gasteiger partial charge in [0.2, 0.25) is 5.95 Å². The number of nitrogens with zero attached hydrogens (tertiary/aromatic N) is 3. The Balaban J connectivity index is 1.57. The Hall–Kier alpha value is -1.06. The highest BCUT2D eigenvalue weighted by atomic mass is 15.4. The van der Waals surface area contributed by atoms with Crippen LogP contribution in [0.5, 0.6) is 0 Å². The predicted molar refractivity (Wildman–Crippen MR) is 77.5 cm³/mol. The highest BCUT2D eigenvalue weighted by Crippen LogP contribution is 2.64. The SMILES string of the molecule is Cc1nc2n(n1)C(C13CC4CC(CC(C4)C1)C3)CCN2. The normalized spacial score (nSPS) is 45.2. The monoisotopic (exact) mass is 272 g/mol. The van der Waals surface area contributed by atoms with Gasteiger partial charge in [-0.15, -0.1) is 0 Å². The maximum atomic E-state index is 4.73. The van der Waals surface area contributed by atoms with E-state index >= 15 is 0 Å². The molecule has 1 unspecified atom stereocenters. The van der Waals surface area contributed by atoms with Gasteiger partial charge < -0.3 is 5.32 Å². The summed E-state index contributed by atoms with van der Waals surface area (Å²) in [5, 5.41) is 8.17. The molecular formula is C16H24N4. The molecule has 0 saturated heterocycles. The first-order valence-corrected chi connectivity index (χ1v) is 8.39. The minimum absolute atomic E-state index is 0.547. The fourth-order valence-electron chi connectivity index (χ4n) is 6.36. The lowest BCUT2D eigenvalue weighted by Gasteiger charge is -2.59. The fraction of sp³-hybridized carbons (Fsp3) is 0.875. The summed E-state index contributed by atoms with van der Waals surface area (Å²) in [6, 6.07) is 0.605. The van der Waals surface area contributed by atoms with E-state index in [9.17, 15) is 0 Å². The van der Waals surface area contributed by atoms with Crippen LogP contribution in [0, 0.1) is 30.1 Å². The summed E-state index contributed by atoms with van der Waals surface area (Å²) in [4.78, 5) is 4.57. The molecule has 5 aliphatic rings. The van der Waals surface area contributed by atoms with Gasteiger partial charge in [-0.1, -0.05) is 0 Å². The summed E-state index contributed by atoms with van der Waals surface area (Å²) in [6.45, 7) is 3.09. The second-order valence-corrected chi connectivity index (χ2v) is 7.94. The van der Waals surface area contributed by atoms with Gasteiger partial charge in [-0.3, -0.25) is 0 Å². The van der Waals surface area contributed by atoms with Gasteiger partial charge in [-0.2, -0.15) is 10.1 Å². The molecular weight excluding hydrogens is 248 g/mol. The van der Waals surface area contributed by atoms with Gasteiger partial charge in [0.25, 0.3) is 0 Å². The van der Waals surface area contributed by atoms with E-state index in [0.717, 1.165) is 36.1 Å². The number of hydrogen-bond acceptors (Lipinski definition) is 3. The van der Waals surface area contributed by atoms with Crippen molar-refractivity contribution in [1.82, 2.24) is 14.8 Å². The Morgan fingerprint density at radius 1 is 1.10 bits per heavy atom. The molecule has 0 spiro atoms. The smallest absolute Gasteiger partial charge is 0.221 e. The Kier molecular flexibility index (Phi) is 2.19. The van der Waals surface area contributed by atoms with Crippen molar-refractivity contribution in [2.75, 3.05) is 11.9 Å². The van der Waals surface area contributed by atoms with E-state index in [1.54, 1.807) is 0 Å². The zero-order valence-electron chi connectivity index (χ0n) is 12.3. The molecule has 2 heterocycles. The first-order valence-electron chi connectivity index (χ1n) is 8.39. The topological polar surface area (TPSA) is 42.7 Å². The molecule has 4 fully saturated rings. The van der Waals surface area contributed by atoms with E-state index in [0.29, 0.717) is 11.5 Å². The molecule has 6 rings (SSSR count). The van der Waals surface area contributed by atoms with Crippen LogP contribution in [0.15, 0.2) is 0 Å². The molecule has 4 aliphatic carbocycles. The Morgan fingerprint density at radius 2 is 1.75 bits per heavy atom. The molecule has 4 nitrogen and oxygen atoms in total. The molecule has 108 valence electrons. The van der Waals surface area contributed by atoms with Crippen molar-refractivity contribution in [2.45, 2.75) is 57.9 Å². The molecule has 1 aliphatic heterocycles. The van der Waals surface area contributed by atoms with Crippen LogP contribution in [0.3, 0.4) is 0 Å². The quantitative estimate of drug-likeness (QED) is 0.854. The highest BCUT2D eigenvalue weighted by molar-refractivity contribution is 5.29. The molecule has 1 aromatic heterocycles. The van der Waals surface area contributed by atoms with Gasteiger partial charge in [0, 0.05) is 6.54 Å². The molecule has 20 heavy (non-hydrogen) atoms. The average Bonchev–Trinajstić information content (AvgIpc) is 2.76. The van der Waals surface area contributed by atoms with Crippen LogP contribution in [-0.2, 0) is 0 Å². The summed E-state index contributed by atoms with van der Waals surface area (Å²) >= 11 is 0. The molecule has 1 atom stereocenters. The number of fused-ring (bicyclic) bond motifs is 1. The van der Waals surface area contributed by atoms with Crippen LogP contribution in [0.4, 0.5) is 5.95 Å². The Bertz CT molecular complexity index is 511. The van der Waals surface area contributed by atoms with Gasteiger partial charge >= 0.3 is 0 Å². The van der Waals surface area contributed by atoms with Gasteiger partial charge in [-0.05, 0) is 75.0 Å². The number of rotatable bonds is 1. The third-order valence-corrected chi connectivity index (χ3v) is 6.53. The van der Waals surface area contributed by atoms with E-state index in [1.165, 1.54) is 44.9 Å². The second kappa shape index (κ2) is 3.77. The first kappa shape index (κ1) is 11.6. The Morgan fingerprint density at radius 3 is 2.40 bits per heavy atom. The zero-order valence-corrected chi connectivity index (χ0v) is 12.3. The number of aryl methyl sites for hydroxylation is 1. The van der Waals surface area contributed by atoms with Crippen molar-refractivity contribution in [3.05, 3.63) is 5.82 Å². The van der Waals surface area contributed by atoms with Gasteiger partial charge in [-0.25, -0.2) is 4.68 Å². The van der Waals surface area contributed by atoms with Gasteiger partial charge in [0.05, 0.1) is 6.04 Å². The van der Waals surface area contributed by atoms with Crippen LogP contribution >= 0.6 is 0 Å². The van der Waals surface area contributed by atoms with E-state index in [-0.39, 0.29) is 0 Å². The molecule has 4 saturated carbocycles. The molecule has 0 aromatic carbocycles. The maximum Gasteiger partial charge on any atom is 0.221 e. The van der Waals surface area contributed by atoms with Crippen LogP contribution in [0.25, 0.3) is 0 Å². The second-order valence-electron chi connectivity index (χ2n) is 7.94. The highest BCUT2D eigenvalue weighted by Gasteiger charge is 2.55. The molecule has 1 N–H and O–H groups in total. The van der Waals surface area contributed by atoms with Crippen LogP contribution in [0.1, 0.15) is 56.8 Å². The molecule has 4 bridgehead atoms. The predicted octanol–water partition coefficient (Wildman–Crippen LogP) is 3.16. The van der Waals surface area contributed by atoms with Crippen molar-refractivity contribution in [3.8, 4) is 0 Å². The van der Waals surface area contributed by atoms with Crippen LogP contribution < -0.4 is 5.32 Å². The van der Waals surface area contributed by atoms with Crippen molar-refractivity contribution >= 4 is 5.95 Å². The third kappa shape index (κ3) is 1.48. The van der Waals surface area contributed by atoms with E-state index < -0.39 is 0 Å². The molecule has 0 radical (unpaired) electrons. The summed E-state index contributed by atoms with van der Waals surface area (Å²) in [7, 11) is 0. The summed E-state index contributed by atoms with van der Waals surface area (Å²) in [6.07, 6.45) is 10.2. The Labute approximate surface area is 120 Å². The summed E-state index contributed by atoms with van der Waals surface area (Å²) in [5.41, 5.74) is 0.547. The standard InChI is InChI=1S/C16H24N4/c1-10-18-15-17-3-2-14(20(15)19-10)16-7-11-4-12(8-16)6-13(5-11)9-16/h11-14H,2-9H2,1H3,(H,17,18,19). The molecule has 0 amide bonds. The minimum atomic E-state index is 0.547.